The zero-order valence-electron chi connectivity index (χ0n) is 12.8. The van der Waals surface area contributed by atoms with Crippen LogP contribution in [0.5, 0.6) is 0 Å². The summed E-state index contributed by atoms with van der Waals surface area (Å²) in [6.45, 7) is 2.92. The molecule has 2 heterocycles. The van der Waals surface area contributed by atoms with E-state index in [0.29, 0.717) is 17.4 Å². The van der Waals surface area contributed by atoms with Gasteiger partial charge in [0.05, 0.1) is 12.6 Å². The normalized spacial score (nSPS) is 29.3. The number of piperidine rings is 1. The zero-order valence-corrected chi connectivity index (χ0v) is 12.8. The second kappa shape index (κ2) is 5.76. The van der Waals surface area contributed by atoms with Crippen molar-refractivity contribution in [1.29, 1.82) is 0 Å². The van der Waals surface area contributed by atoms with Gasteiger partial charge < -0.3 is 15.4 Å². The highest BCUT2D eigenvalue weighted by atomic mass is 19.4. The number of pyridine rings is 1. The number of nitrogens with zero attached hydrogens (tertiary/aromatic N) is 1. The quantitative estimate of drug-likeness (QED) is 0.887. The summed E-state index contributed by atoms with van der Waals surface area (Å²) in [5.74, 6) is 0.779. The Labute approximate surface area is 131 Å². The topological polar surface area (TPSA) is 63.2 Å². The maximum atomic E-state index is 12.8. The Hall–Kier alpha value is -1.67. The molecule has 0 bridgehead atoms. The summed E-state index contributed by atoms with van der Waals surface area (Å²) < 4.78 is 43.4. The number of fused-ring (bicyclic) bond motifs is 1. The van der Waals surface area contributed by atoms with Crippen molar-refractivity contribution in [2.75, 3.05) is 19.0 Å². The van der Waals surface area contributed by atoms with E-state index in [0.717, 1.165) is 12.6 Å². The highest BCUT2D eigenvalue weighted by molar-refractivity contribution is 5.95. The van der Waals surface area contributed by atoms with E-state index in [1.165, 1.54) is 13.2 Å². The Kier molecular flexibility index (Phi) is 4.05. The van der Waals surface area contributed by atoms with Gasteiger partial charge in [-0.3, -0.25) is 4.79 Å². The molecule has 1 saturated carbocycles. The Balaban J connectivity index is 1.81. The van der Waals surface area contributed by atoms with Gasteiger partial charge in [-0.25, -0.2) is 4.98 Å². The van der Waals surface area contributed by atoms with Crippen molar-refractivity contribution in [3.63, 3.8) is 0 Å². The minimum Gasteiger partial charge on any atom is -0.380 e. The number of hydrogen-bond donors (Lipinski definition) is 2. The van der Waals surface area contributed by atoms with E-state index in [1.807, 2.05) is 0 Å². The summed E-state index contributed by atoms with van der Waals surface area (Å²) in [6.07, 6.45) is -4.56. The lowest BCUT2D eigenvalue weighted by molar-refractivity contribution is -0.141. The van der Waals surface area contributed by atoms with E-state index in [9.17, 15) is 18.0 Å². The highest BCUT2D eigenvalue weighted by Gasteiger charge is 2.57. The number of alkyl halides is 3. The monoisotopic (exact) mass is 329 g/mol. The van der Waals surface area contributed by atoms with Gasteiger partial charge >= 0.3 is 6.18 Å². The molecule has 3 rings (SSSR count). The van der Waals surface area contributed by atoms with Crippen LogP contribution in [0, 0.1) is 17.8 Å². The number of anilines is 1. The lowest BCUT2D eigenvalue weighted by Crippen LogP contribution is -2.40. The van der Waals surface area contributed by atoms with E-state index >= 15 is 0 Å². The molecule has 3 unspecified atom stereocenters. The van der Waals surface area contributed by atoms with E-state index < -0.39 is 11.9 Å². The first-order valence-corrected chi connectivity index (χ1v) is 7.43. The second-order valence-electron chi connectivity index (χ2n) is 6.11. The summed E-state index contributed by atoms with van der Waals surface area (Å²) in [5.41, 5.74) is -0.628. The Morgan fingerprint density at radius 3 is 2.78 bits per heavy atom. The van der Waals surface area contributed by atoms with Crippen LogP contribution in [0.3, 0.4) is 0 Å². The van der Waals surface area contributed by atoms with Crippen molar-refractivity contribution in [2.24, 2.45) is 17.8 Å². The standard InChI is InChI=1S/C15H18F3N3O2/c1-7-9-5-19-12(11(7)9)14(22)21-13-8(6-23-2)3-4-10(20-13)15(16,17)18/h3-4,7,9,11-12,19H,5-6H2,1-2H3,(H,20,21,22)/t7-,9?,11?,12?/m1/s1. The number of hydrogen-bond acceptors (Lipinski definition) is 4. The van der Waals surface area contributed by atoms with Gasteiger partial charge in [0.2, 0.25) is 5.91 Å². The molecule has 8 heteroatoms. The molecule has 2 fully saturated rings. The van der Waals surface area contributed by atoms with Crippen molar-refractivity contribution in [1.82, 2.24) is 10.3 Å². The van der Waals surface area contributed by atoms with E-state index in [1.54, 1.807) is 0 Å². The SMILES string of the molecule is COCc1ccc(C(F)(F)F)nc1NC(=O)C1NCC2C1[C@@H]2C. The fraction of sp³-hybridized carbons (Fsp3) is 0.600. The summed E-state index contributed by atoms with van der Waals surface area (Å²) in [7, 11) is 1.43. The molecule has 0 spiro atoms. The Morgan fingerprint density at radius 2 is 2.22 bits per heavy atom. The smallest absolute Gasteiger partial charge is 0.380 e. The molecule has 0 radical (unpaired) electrons. The van der Waals surface area contributed by atoms with Gasteiger partial charge in [-0.05, 0) is 30.4 Å². The zero-order chi connectivity index (χ0) is 16.8. The summed E-state index contributed by atoms with van der Waals surface area (Å²) >= 11 is 0. The molecule has 1 amide bonds. The fourth-order valence-corrected chi connectivity index (χ4v) is 3.34. The van der Waals surface area contributed by atoms with Gasteiger partial charge in [-0.2, -0.15) is 13.2 Å². The van der Waals surface area contributed by atoms with Crippen molar-refractivity contribution >= 4 is 11.7 Å². The molecular weight excluding hydrogens is 311 g/mol. The predicted octanol–water partition coefficient (Wildman–Crippen LogP) is 2.04. The van der Waals surface area contributed by atoms with Crippen molar-refractivity contribution in [3.8, 4) is 0 Å². The number of amides is 1. The van der Waals surface area contributed by atoms with Gasteiger partial charge in [-0.15, -0.1) is 0 Å². The molecule has 4 atom stereocenters. The predicted molar refractivity (Wildman–Crippen MR) is 76.5 cm³/mol. The number of carbonyl (C=O) groups is 1. The molecule has 2 aliphatic rings. The average molecular weight is 329 g/mol. The average Bonchev–Trinajstić information content (AvgIpc) is 2.93. The third-order valence-corrected chi connectivity index (χ3v) is 4.69. The minimum atomic E-state index is -4.56. The number of ether oxygens (including phenoxy) is 1. The number of rotatable bonds is 4. The van der Waals surface area contributed by atoms with Crippen LogP contribution < -0.4 is 10.6 Å². The van der Waals surface area contributed by atoms with Crippen LogP contribution >= 0.6 is 0 Å². The maximum absolute atomic E-state index is 12.8. The first-order chi connectivity index (χ1) is 10.8. The molecule has 1 aromatic rings. The first-order valence-electron chi connectivity index (χ1n) is 7.43. The van der Waals surface area contributed by atoms with Gasteiger partial charge in [0, 0.05) is 12.7 Å². The highest BCUT2D eigenvalue weighted by Crippen LogP contribution is 2.51. The van der Waals surface area contributed by atoms with Crippen molar-refractivity contribution < 1.29 is 22.7 Å². The third-order valence-electron chi connectivity index (χ3n) is 4.69. The molecule has 0 aromatic carbocycles. The first kappa shape index (κ1) is 16.2. The number of nitrogens with one attached hydrogen (secondary N) is 2. The number of aromatic nitrogens is 1. The minimum absolute atomic E-state index is 0.0707. The molecule has 1 aliphatic heterocycles. The van der Waals surface area contributed by atoms with Crippen molar-refractivity contribution in [2.45, 2.75) is 25.7 Å². The van der Waals surface area contributed by atoms with Gasteiger partial charge in [0.1, 0.15) is 11.5 Å². The Morgan fingerprint density at radius 1 is 1.48 bits per heavy atom. The second-order valence-corrected chi connectivity index (χ2v) is 6.11. The van der Waals surface area contributed by atoms with Crippen LogP contribution in [0.2, 0.25) is 0 Å². The number of carbonyl (C=O) groups excluding carboxylic acids is 1. The molecule has 1 aliphatic carbocycles. The fourth-order valence-electron chi connectivity index (χ4n) is 3.34. The van der Waals surface area contributed by atoms with Gasteiger partial charge in [0.25, 0.3) is 0 Å². The van der Waals surface area contributed by atoms with Crippen LogP contribution in [-0.4, -0.2) is 30.6 Å². The van der Waals surface area contributed by atoms with Crippen LogP contribution in [-0.2, 0) is 22.3 Å². The summed E-state index contributed by atoms with van der Waals surface area (Å²) in [6, 6.07) is 1.79. The number of methoxy groups -OCH3 is 1. The Bertz CT molecular complexity index is 620. The lowest BCUT2D eigenvalue weighted by atomic mass is 10.1. The van der Waals surface area contributed by atoms with E-state index in [-0.39, 0.29) is 30.3 Å². The van der Waals surface area contributed by atoms with Crippen LogP contribution in [0.1, 0.15) is 18.2 Å². The van der Waals surface area contributed by atoms with E-state index in [2.05, 4.69) is 22.5 Å². The molecule has 23 heavy (non-hydrogen) atoms. The maximum Gasteiger partial charge on any atom is 0.433 e. The van der Waals surface area contributed by atoms with Crippen LogP contribution in [0.25, 0.3) is 0 Å². The molecule has 126 valence electrons. The van der Waals surface area contributed by atoms with Crippen molar-refractivity contribution in [3.05, 3.63) is 23.4 Å². The van der Waals surface area contributed by atoms with Gasteiger partial charge in [0.15, 0.2) is 0 Å². The number of halogens is 3. The molecule has 5 nitrogen and oxygen atoms in total. The van der Waals surface area contributed by atoms with Crippen LogP contribution in [0.15, 0.2) is 12.1 Å². The molecule has 1 saturated heterocycles. The molecular formula is C15H18F3N3O2. The summed E-state index contributed by atoms with van der Waals surface area (Å²) in [5, 5.41) is 5.64. The third kappa shape index (κ3) is 3.05. The van der Waals surface area contributed by atoms with Gasteiger partial charge in [-0.1, -0.05) is 13.0 Å². The molecule has 2 N–H and O–H groups in total. The molecule has 1 aromatic heterocycles. The lowest BCUT2D eigenvalue weighted by Gasteiger charge is -2.17. The van der Waals surface area contributed by atoms with Crippen LogP contribution in [0.4, 0.5) is 19.0 Å². The largest absolute Gasteiger partial charge is 0.433 e. The van der Waals surface area contributed by atoms with E-state index in [4.69, 9.17) is 4.74 Å². The summed E-state index contributed by atoms with van der Waals surface area (Å²) in [4.78, 5) is 15.9.